The SMILES string of the molecule is CCC1CCCN(C(=O)CC2CCCO2)C1. The Hall–Kier alpha value is -0.570. The number of hydrogen-bond acceptors (Lipinski definition) is 2. The minimum absolute atomic E-state index is 0.203. The van der Waals surface area contributed by atoms with Crippen molar-refractivity contribution in [2.45, 2.75) is 51.6 Å². The molecule has 2 heterocycles. The van der Waals surface area contributed by atoms with Gasteiger partial charge in [0.1, 0.15) is 0 Å². The highest BCUT2D eigenvalue weighted by Crippen LogP contribution is 2.22. The normalized spacial score (nSPS) is 30.7. The van der Waals surface area contributed by atoms with Gasteiger partial charge in [0.2, 0.25) is 5.91 Å². The second-order valence-corrected chi connectivity index (χ2v) is 5.10. The van der Waals surface area contributed by atoms with Crippen molar-refractivity contribution in [2.24, 2.45) is 5.92 Å². The molecule has 3 nitrogen and oxygen atoms in total. The largest absolute Gasteiger partial charge is 0.378 e. The second kappa shape index (κ2) is 5.67. The number of amides is 1. The van der Waals surface area contributed by atoms with Crippen molar-refractivity contribution in [3.63, 3.8) is 0 Å². The molecule has 2 rings (SSSR count). The number of ether oxygens (including phenoxy) is 1. The molecule has 2 aliphatic heterocycles. The minimum Gasteiger partial charge on any atom is -0.378 e. The van der Waals surface area contributed by atoms with Crippen LogP contribution in [0.15, 0.2) is 0 Å². The molecule has 0 aromatic carbocycles. The molecule has 0 spiro atoms. The van der Waals surface area contributed by atoms with Crippen LogP contribution in [0.5, 0.6) is 0 Å². The molecule has 0 aromatic heterocycles. The van der Waals surface area contributed by atoms with E-state index >= 15 is 0 Å². The van der Waals surface area contributed by atoms with Crippen LogP contribution < -0.4 is 0 Å². The standard InChI is InChI=1S/C13H23NO2/c1-2-11-5-3-7-14(10-11)13(15)9-12-6-4-8-16-12/h11-12H,2-10H2,1H3. The van der Waals surface area contributed by atoms with Crippen molar-refractivity contribution < 1.29 is 9.53 Å². The monoisotopic (exact) mass is 225 g/mol. The van der Waals surface area contributed by atoms with Gasteiger partial charge in [0.05, 0.1) is 12.5 Å². The number of rotatable bonds is 3. The van der Waals surface area contributed by atoms with Crippen molar-refractivity contribution in [3.05, 3.63) is 0 Å². The first-order chi connectivity index (χ1) is 7.79. The van der Waals surface area contributed by atoms with Crippen LogP contribution in [-0.4, -0.2) is 36.6 Å². The van der Waals surface area contributed by atoms with E-state index in [1.165, 1.54) is 19.3 Å². The van der Waals surface area contributed by atoms with Crippen molar-refractivity contribution in [3.8, 4) is 0 Å². The molecule has 2 fully saturated rings. The van der Waals surface area contributed by atoms with Gasteiger partial charge in [-0.2, -0.15) is 0 Å². The van der Waals surface area contributed by atoms with Crippen LogP contribution in [0.3, 0.4) is 0 Å². The molecule has 2 saturated heterocycles. The highest BCUT2D eigenvalue weighted by atomic mass is 16.5. The number of nitrogens with zero attached hydrogens (tertiary/aromatic N) is 1. The summed E-state index contributed by atoms with van der Waals surface area (Å²) >= 11 is 0. The average Bonchev–Trinajstić information content (AvgIpc) is 2.82. The Labute approximate surface area is 98.1 Å². The predicted octanol–water partition coefficient (Wildman–Crippen LogP) is 2.20. The van der Waals surface area contributed by atoms with Gasteiger partial charge >= 0.3 is 0 Å². The van der Waals surface area contributed by atoms with Crippen LogP contribution in [0.25, 0.3) is 0 Å². The number of likely N-dealkylation sites (tertiary alicyclic amines) is 1. The summed E-state index contributed by atoms with van der Waals surface area (Å²) < 4.78 is 5.52. The lowest BCUT2D eigenvalue weighted by Crippen LogP contribution is -2.40. The Kier molecular flexibility index (Phi) is 4.22. The zero-order chi connectivity index (χ0) is 11.4. The maximum atomic E-state index is 12.1. The molecule has 1 amide bonds. The summed E-state index contributed by atoms with van der Waals surface area (Å²) in [4.78, 5) is 14.1. The van der Waals surface area contributed by atoms with E-state index in [0.29, 0.717) is 12.3 Å². The first kappa shape index (κ1) is 11.9. The summed E-state index contributed by atoms with van der Waals surface area (Å²) in [5.41, 5.74) is 0. The molecule has 0 saturated carbocycles. The molecule has 0 N–H and O–H groups in total. The Morgan fingerprint density at radius 1 is 1.38 bits per heavy atom. The Morgan fingerprint density at radius 3 is 2.94 bits per heavy atom. The third-order valence-electron chi connectivity index (χ3n) is 3.88. The van der Waals surface area contributed by atoms with Crippen molar-refractivity contribution in [1.29, 1.82) is 0 Å². The Balaban J connectivity index is 1.79. The first-order valence-corrected chi connectivity index (χ1v) is 6.69. The number of hydrogen-bond donors (Lipinski definition) is 0. The third-order valence-corrected chi connectivity index (χ3v) is 3.88. The van der Waals surface area contributed by atoms with Gasteiger partial charge in [-0.25, -0.2) is 0 Å². The highest BCUT2D eigenvalue weighted by molar-refractivity contribution is 5.76. The molecule has 2 unspecified atom stereocenters. The van der Waals surface area contributed by atoms with Crippen LogP contribution in [0, 0.1) is 5.92 Å². The van der Waals surface area contributed by atoms with Crippen LogP contribution in [-0.2, 0) is 9.53 Å². The quantitative estimate of drug-likeness (QED) is 0.737. The molecule has 2 atom stereocenters. The molecule has 2 aliphatic rings. The van der Waals surface area contributed by atoms with E-state index in [2.05, 4.69) is 11.8 Å². The van der Waals surface area contributed by atoms with Gasteiger partial charge in [-0.1, -0.05) is 13.3 Å². The molecule has 0 aliphatic carbocycles. The minimum atomic E-state index is 0.203. The zero-order valence-corrected chi connectivity index (χ0v) is 10.3. The fraction of sp³-hybridized carbons (Fsp3) is 0.923. The lowest BCUT2D eigenvalue weighted by Gasteiger charge is -2.32. The van der Waals surface area contributed by atoms with Crippen LogP contribution >= 0.6 is 0 Å². The highest BCUT2D eigenvalue weighted by Gasteiger charge is 2.26. The van der Waals surface area contributed by atoms with Gasteiger partial charge in [-0.05, 0) is 31.6 Å². The molecular weight excluding hydrogens is 202 g/mol. The van der Waals surface area contributed by atoms with Crippen LogP contribution in [0.2, 0.25) is 0 Å². The molecule has 0 bridgehead atoms. The van der Waals surface area contributed by atoms with E-state index in [-0.39, 0.29) is 6.10 Å². The molecule has 0 aromatic rings. The van der Waals surface area contributed by atoms with E-state index in [0.717, 1.165) is 38.5 Å². The van der Waals surface area contributed by atoms with Gasteiger partial charge in [0, 0.05) is 19.7 Å². The zero-order valence-electron chi connectivity index (χ0n) is 10.3. The maximum Gasteiger partial charge on any atom is 0.225 e. The summed E-state index contributed by atoms with van der Waals surface area (Å²) in [5.74, 6) is 1.03. The van der Waals surface area contributed by atoms with Crippen molar-refractivity contribution >= 4 is 5.91 Å². The van der Waals surface area contributed by atoms with E-state index in [4.69, 9.17) is 4.74 Å². The van der Waals surface area contributed by atoms with Gasteiger partial charge in [-0.15, -0.1) is 0 Å². The molecule has 3 heteroatoms. The Morgan fingerprint density at radius 2 is 2.25 bits per heavy atom. The van der Waals surface area contributed by atoms with Gasteiger partial charge in [0.15, 0.2) is 0 Å². The first-order valence-electron chi connectivity index (χ1n) is 6.69. The molecular formula is C13H23NO2. The molecule has 92 valence electrons. The molecule has 0 radical (unpaired) electrons. The van der Waals surface area contributed by atoms with E-state index in [1.54, 1.807) is 0 Å². The average molecular weight is 225 g/mol. The van der Waals surface area contributed by atoms with Crippen molar-refractivity contribution in [1.82, 2.24) is 4.90 Å². The summed E-state index contributed by atoms with van der Waals surface area (Å²) in [6.07, 6.45) is 6.66. The topological polar surface area (TPSA) is 29.5 Å². The lowest BCUT2D eigenvalue weighted by molar-refractivity contribution is -0.135. The summed E-state index contributed by atoms with van der Waals surface area (Å²) in [7, 11) is 0. The van der Waals surface area contributed by atoms with E-state index < -0.39 is 0 Å². The number of carbonyl (C=O) groups excluding carboxylic acids is 1. The van der Waals surface area contributed by atoms with E-state index in [1.807, 2.05) is 0 Å². The van der Waals surface area contributed by atoms with Crippen molar-refractivity contribution in [2.75, 3.05) is 19.7 Å². The smallest absolute Gasteiger partial charge is 0.225 e. The van der Waals surface area contributed by atoms with E-state index in [9.17, 15) is 4.79 Å². The summed E-state index contributed by atoms with van der Waals surface area (Å²) in [5, 5.41) is 0. The molecule has 16 heavy (non-hydrogen) atoms. The van der Waals surface area contributed by atoms with Gasteiger partial charge < -0.3 is 9.64 Å². The number of piperidine rings is 1. The van der Waals surface area contributed by atoms with Gasteiger partial charge in [-0.3, -0.25) is 4.79 Å². The lowest BCUT2D eigenvalue weighted by atomic mass is 9.95. The fourth-order valence-corrected chi connectivity index (χ4v) is 2.75. The van der Waals surface area contributed by atoms with Crippen LogP contribution in [0.4, 0.5) is 0 Å². The third kappa shape index (κ3) is 2.97. The summed E-state index contributed by atoms with van der Waals surface area (Å²) in [6, 6.07) is 0. The summed E-state index contributed by atoms with van der Waals surface area (Å²) in [6.45, 7) is 5.00. The number of carbonyl (C=O) groups is 1. The maximum absolute atomic E-state index is 12.1. The predicted molar refractivity (Wildman–Crippen MR) is 63.2 cm³/mol. The van der Waals surface area contributed by atoms with Gasteiger partial charge in [0.25, 0.3) is 0 Å². The Bertz CT molecular complexity index is 236. The second-order valence-electron chi connectivity index (χ2n) is 5.10. The van der Waals surface area contributed by atoms with Crippen LogP contribution in [0.1, 0.15) is 45.4 Å². The fourth-order valence-electron chi connectivity index (χ4n) is 2.75.